The summed E-state index contributed by atoms with van der Waals surface area (Å²) in [6, 6.07) is 11.5. The average Bonchev–Trinajstić information content (AvgIpc) is 3.08. The van der Waals surface area contributed by atoms with Crippen LogP contribution in [0.5, 0.6) is 0 Å². The van der Waals surface area contributed by atoms with Crippen LogP contribution in [-0.4, -0.2) is 9.78 Å². The summed E-state index contributed by atoms with van der Waals surface area (Å²) in [6.45, 7) is 0.595. The van der Waals surface area contributed by atoms with Crippen LogP contribution in [0.2, 0.25) is 5.02 Å². The van der Waals surface area contributed by atoms with E-state index >= 15 is 0 Å². The maximum Gasteiger partial charge on any atom is 0.164 e. The van der Waals surface area contributed by atoms with E-state index in [9.17, 15) is 0 Å². The number of nitrogens with zero attached hydrogens (tertiary/aromatic N) is 2. The molecule has 0 bridgehead atoms. The highest BCUT2D eigenvalue weighted by atomic mass is 127. The van der Waals surface area contributed by atoms with Crippen LogP contribution < -0.4 is 5.32 Å². The summed E-state index contributed by atoms with van der Waals surface area (Å²) in [5.74, 6) is 0.876. The molecule has 0 saturated heterocycles. The van der Waals surface area contributed by atoms with Crippen molar-refractivity contribution in [3.05, 3.63) is 63.3 Å². The molecule has 102 valence electrons. The Labute approximate surface area is 134 Å². The molecule has 0 fully saturated rings. The van der Waals surface area contributed by atoms with Crippen molar-refractivity contribution in [2.75, 3.05) is 5.32 Å². The first kappa shape index (κ1) is 13.5. The number of benzene rings is 1. The minimum Gasteiger partial charge on any atom is -0.454 e. The Morgan fingerprint density at radius 3 is 2.85 bits per heavy atom. The van der Waals surface area contributed by atoms with E-state index in [0.29, 0.717) is 11.6 Å². The lowest BCUT2D eigenvalue weighted by atomic mass is 10.2. The molecule has 2 aromatic heterocycles. The molecule has 0 aliphatic rings. The van der Waals surface area contributed by atoms with E-state index in [-0.39, 0.29) is 0 Å². The Kier molecular flexibility index (Phi) is 3.98. The zero-order chi connectivity index (χ0) is 13.9. The lowest BCUT2D eigenvalue weighted by Gasteiger charge is -2.12. The van der Waals surface area contributed by atoms with E-state index in [2.05, 4.69) is 33.0 Å². The minimum atomic E-state index is 0.595. The van der Waals surface area contributed by atoms with Crippen molar-refractivity contribution in [3.8, 4) is 5.69 Å². The number of hydrogen-bond acceptors (Lipinski definition) is 3. The highest BCUT2D eigenvalue weighted by Crippen LogP contribution is 2.28. The number of rotatable bonds is 4. The molecule has 1 N–H and O–H groups in total. The van der Waals surface area contributed by atoms with Crippen LogP contribution in [0.15, 0.2) is 53.2 Å². The Balaban J connectivity index is 1.88. The molecular weight excluding hydrogens is 389 g/mol. The van der Waals surface area contributed by atoms with Crippen LogP contribution in [0.1, 0.15) is 5.76 Å². The van der Waals surface area contributed by atoms with Crippen LogP contribution in [0.3, 0.4) is 0 Å². The number of furan rings is 1. The molecule has 3 aromatic rings. The average molecular weight is 400 g/mol. The summed E-state index contributed by atoms with van der Waals surface area (Å²) in [6.07, 6.45) is 3.59. The molecule has 20 heavy (non-hydrogen) atoms. The second kappa shape index (κ2) is 5.88. The van der Waals surface area contributed by atoms with Gasteiger partial charge in [-0.3, -0.25) is 0 Å². The van der Waals surface area contributed by atoms with E-state index in [1.807, 2.05) is 42.6 Å². The minimum absolute atomic E-state index is 0.595. The van der Waals surface area contributed by atoms with Gasteiger partial charge in [0, 0.05) is 12.4 Å². The first-order chi connectivity index (χ1) is 9.74. The predicted octanol–water partition coefficient (Wildman–Crippen LogP) is 4.34. The second-order valence-corrected chi connectivity index (χ2v) is 5.62. The summed E-state index contributed by atoms with van der Waals surface area (Å²) in [4.78, 5) is 0. The third-order valence-corrected chi connectivity index (χ3v) is 3.69. The normalized spacial score (nSPS) is 10.7. The summed E-state index contributed by atoms with van der Waals surface area (Å²) in [5, 5.41) is 8.21. The van der Waals surface area contributed by atoms with E-state index in [1.165, 1.54) is 0 Å². The molecule has 2 heterocycles. The Hall–Kier alpha value is -1.47. The summed E-state index contributed by atoms with van der Waals surface area (Å²) in [7, 11) is 0. The van der Waals surface area contributed by atoms with Crippen LogP contribution in [0, 0.1) is 3.77 Å². The highest BCUT2D eigenvalue weighted by molar-refractivity contribution is 14.1. The fourth-order valence-electron chi connectivity index (χ4n) is 1.92. The smallest absolute Gasteiger partial charge is 0.164 e. The molecule has 0 amide bonds. The summed E-state index contributed by atoms with van der Waals surface area (Å²) < 4.78 is 8.15. The first-order valence-corrected chi connectivity index (χ1v) is 7.46. The van der Waals surface area contributed by atoms with Gasteiger partial charge in [0.25, 0.3) is 0 Å². The van der Waals surface area contributed by atoms with Gasteiger partial charge in [-0.15, -0.1) is 0 Å². The maximum atomic E-state index is 6.28. The van der Waals surface area contributed by atoms with Gasteiger partial charge in [-0.2, -0.15) is 5.10 Å². The molecule has 0 atom stereocenters. The number of halogens is 2. The van der Waals surface area contributed by atoms with Crippen LogP contribution in [0.4, 0.5) is 5.69 Å². The summed E-state index contributed by atoms with van der Waals surface area (Å²) in [5.41, 5.74) is 1.74. The molecule has 3 rings (SSSR count). The van der Waals surface area contributed by atoms with Gasteiger partial charge in [-0.25, -0.2) is 4.68 Å². The van der Waals surface area contributed by atoms with Crippen molar-refractivity contribution in [1.82, 2.24) is 9.78 Å². The number of nitrogens with one attached hydrogen (secondary N) is 1. The third kappa shape index (κ3) is 2.83. The lowest BCUT2D eigenvalue weighted by Crippen LogP contribution is -2.05. The maximum absolute atomic E-state index is 6.28. The fraction of sp³-hybridized carbons (Fsp3) is 0.0714. The zero-order valence-electron chi connectivity index (χ0n) is 10.4. The van der Waals surface area contributed by atoms with E-state index in [4.69, 9.17) is 16.0 Å². The zero-order valence-corrected chi connectivity index (χ0v) is 13.3. The number of para-hydroxylation sites is 1. The van der Waals surface area contributed by atoms with Crippen LogP contribution in [-0.2, 0) is 6.54 Å². The van der Waals surface area contributed by atoms with Crippen molar-refractivity contribution >= 4 is 39.9 Å². The molecule has 0 aliphatic heterocycles. The van der Waals surface area contributed by atoms with E-state index in [0.717, 1.165) is 20.9 Å². The number of anilines is 1. The molecule has 0 saturated carbocycles. The SMILES string of the molecule is Clc1cccc(NCc2ccc(I)o2)c1-n1cccn1. The van der Waals surface area contributed by atoms with Gasteiger partial charge in [0.05, 0.1) is 17.3 Å². The van der Waals surface area contributed by atoms with E-state index in [1.54, 1.807) is 10.9 Å². The quantitative estimate of drug-likeness (QED) is 0.664. The lowest BCUT2D eigenvalue weighted by molar-refractivity contribution is 0.493. The Bertz CT molecular complexity index is 709. The highest BCUT2D eigenvalue weighted by Gasteiger charge is 2.10. The molecule has 4 nitrogen and oxygen atoms in total. The monoisotopic (exact) mass is 399 g/mol. The predicted molar refractivity (Wildman–Crippen MR) is 87.3 cm³/mol. The van der Waals surface area contributed by atoms with Crippen molar-refractivity contribution < 1.29 is 4.42 Å². The largest absolute Gasteiger partial charge is 0.454 e. The number of aromatic nitrogens is 2. The van der Waals surface area contributed by atoms with Crippen molar-refractivity contribution in [1.29, 1.82) is 0 Å². The van der Waals surface area contributed by atoms with Gasteiger partial charge in [0.2, 0.25) is 0 Å². The van der Waals surface area contributed by atoms with Gasteiger partial charge in [-0.1, -0.05) is 17.7 Å². The van der Waals surface area contributed by atoms with Crippen molar-refractivity contribution in [2.45, 2.75) is 6.54 Å². The van der Waals surface area contributed by atoms with Gasteiger partial charge in [0.15, 0.2) is 3.77 Å². The summed E-state index contributed by atoms with van der Waals surface area (Å²) >= 11 is 8.43. The van der Waals surface area contributed by atoms with Crippen LogP contribution >= 0.6 is 34.2 Å². The molecule has 0 aliphatic carbocycles. The van der Waals surface area contributed by atoms with E-state index < -0.39 is 0 Å². The second-order valence-electron chi connectivity index (χ2n) is 4.15. The van der Waals surface area contributed by atoms with Crippen molar-refractivity contribution in [3.63, 3.8) is 0 Å². The standard InChI is InChI=1S/C14H11ClIN3O/c15-11-3-1-4-12(14(11)19-8-2-7-18-19)17-9-10-5-6-13(16)20-10/h1-8,17H,9H2. The third-order valence-electron chi connectivity index (χ3n) is 2.80. The molecule has 1 aromatic carbocycles. The molecular formula is C14H11ClIN3O. The molecule has 6 heteroatoms. The van der Waals surface area contributed by atoms with Crippen LogP contribution in [0.25, 0.3) is 5.69 Å². The van der Waals surface area contributed by atoms with Crippen molar-refractivity contribution in [2.24, 2.45) is 0 Å². The topological polar surface area (TPSA) is 43.0 Å². The molecule has 0 spiro atoms. The van der Waals surface area contributed by atoms with Gasteiger partial charge < -0.3 is 9.73 Å². The van der Waals surface area contributed by atoms with Gasteiger partial charge in [0.1, 0.15) is 11.4 Å². The molecule has 0 unspecified atom stereocenters. The first-order valence-electron chi connectivity index (χ1n) is 6.00. The number of hydrogen-bond donors (Lipinski definition) is 1. The van der Waals surface area contributed by atoms with Gasteiger partial charge in [-0.05, 0) is 52.9 Å². The Morgan fingerprint density at radius 1 is 1.25 bits per heavy atom. The Morgan fingerprint density at radius 2 is 2.15 bits per heavy atom. The molecule has 0 radical (unpaired) electrons. The van der Waals surface area contributed by atoms with Gasteiger partial charge >= 0.3 is 0 Å². The fourth-order valence-corrected chi connectivity index (χ4v) is 2.64.